The first-order valence-electron chi connectivity index (χ1n) is 7.31. The van der Waals surface area contributed by atoms with Crippen LogP contribution in [0.25, 0.3) is 0 Å². The van der Waals surface area contributed by atoms with Gasteiger partial charge in [0.15, 0.2) is 23.3 Å². The van der Waals surface area contributed by atoms with Gasteiger partial charge < -0.3 is 10.6 Å². The Labute approximate surface area is 130 Å². The van der Waals surface area contributed by atoms with Gasteiger partial charge in [-0.2, -0.15) is 0 Å². The quantitative estimate of drug-likeness (QED) is 0.456. The van der Waals surface area contributed by atoms with Crippen molar-refractivity contribution in [1.82, 2.24) is 10.6 Å². The van der Waals surface area contributed by atoms with Crippen LogP contribution in [0.15, 0.2) is 0 Å². The highest BCUT2D eigenvalue weighted by Gasteiger charge is 2.26. The molecule has 0 aliphatic heterocycles. The zero-order chi connectivity index (χ0) is 17.1. The summed E-state index contributed by atoms with van der Waals surface area (Å²) in [5, 5.41) is 5.39. The first-order chi connectivity index (χ1) is 10.8. The van der Waals surface area contributed by atoms with E-state index in [1.807, 2.05) is 0 Å². The van der Waals surface area contributed by atoms with Gasteiger partial charge in [-0.15, -0.1) is 0 Å². The van der Waals surface area contributed by atoms with Crippen molar-refractivity contribution < 1.29 is 26.7 Å². The van der Waals surface area contributed by atoms with Gasteiger partial charge in [-0.25, -0.2) is 22.0 Å². The minimum atomic E-state index is -2.18. The summed E-state index contributed by atoms with van der Waals surface area (Å²) in [6, 6.07) is -0.644. The minimum absolute atomic E-state index is 0.0940. The van der Waals surface area contributed by atoms with Crippen LogP contribution in [0.4, 0.5) is 22.0 Å². The number of amides is 1. The molecular formula is C15H17F5N2O. The summed E-state index contributed by atoms with van der Waals surface area (Å²) in [6.07, 6.45) is 1.75. The second-order valence-electron chi connectivity index (χ2n) is 5.78. The van der Waals surface area contributed by atoms with Crippen molar-refractivity contribution in [2.24, 2.45) is 5.92 Å². The van der Waals surface area contributed by atoms with Gasteiger partial charge in [0, 0.05) is 18.2 Å². The van der Waals surface area contributed by atoms with Crippen LogP contribution in [0, 0.1) is 35.0 Å². The van der Waals surface area contributed by atoms with E-state index >= 15 is 0 Å². The van der Waals surface area contributed by atoms with Crippen molar-refractivity contribution in [3.63, 3.8) is 0 Å². The molecule has 0 saturated heterocycles. The molecule has 1 aromatic rings. The molecule has 1 aliphatic carbocycles. The van der Waals surface area contributed by atoms with Gasteiger partial charge >= 0.3 is 0 Å². The number of hydrogen-bond acceptors (Lipinski definition) is 2. The maximum absolute atomic E-state index is 13.6. The molecule has 1 fully saturated rings. The lowest BCUT2D eigenvalue weighted by molar-refractivity contribution is -0.120. The lowest BCUT2D eigenvalue weighted by Crippen LogP contribution is -2.39. The fraction of sp³-hybridized carbons (Fsp3) is 0.533. The minimum Gasteiger partial charge on any atom is -0.355 e. The van der Waals surface area contributed by atoms with Crippen molar-refractivity contribution >= 4 is 5.91 Å². The third-order valence-electron chi connectivity index (χ3n) is 3.71. The van der Waals surface area contributed by atoms with E-state index < -0.39 is 47.1 Å². The third-order valence-corrected chi connectivity index (χ3v) is 3.71. The van der Waals surface area contributed by atoms with Gasteiger partial charge in [0.1, 0.15) is 0 Å². The smallest absolute Gasteiger partial charge is 0.233 e. The number of benzene rings is 1. The molecule has 0 radical (unpaired) electrons. The first kappa shape index (κ1) is 17.7. The van der Waals surface area contributed by atoms with Gasteiger partial charge in [-0.05, 0) is 32.1 Å². The normalized spacial score (nSPS) is 15.6. The zero-order valence-corrected chi connectivity index (χ0v) is 12.5. The molecule has 128 valence electrons. The van der Waals surface area contributed by atoms with Crippen LogP contribution in [0.1, 0.15) is 25.3 Å². The molecule has 2 N–H and O–H groups in total. The molecule has 1 aromatic carbocycles. The fourth-order valence-electron chi connectivity index (χ4n) is 2.12. The van der Waals surface area contributed by atoms with Crippen molar-refractivity contribution in [2.75, 3.05) is 13.1 Å². The Morgan fingerprint density at radius 2 is 1.57 bits per heavy atom. The SMILES string of the molecule is CC(Cc1c(F)c(F)c(F)c(F)c1F)NCC(=O)NCC1CC1. The van der Waals surface area contributed by atoms with Gasteiger partial charge in [0.2, 0.25) is 11.7 Å². The van der Waals surface area contributed by atoms with E-state index in [4.69, 9.17) is 0 Å². The molecule has 1 aliphatic rings. The maximum Gasteiger partial charge on any atom is 0.233 e. The van der Waals surface area contributed by atoms with Crippen molar-refractivity contribution in [3.8, 4) is 0 Å². The molecule has 1 amide bonds. The molecule has 1 unspecified atom stereocenters. The number of hydrogen-bond donors (Lipinski definition) is 2. The summed E-state index contributed by atoms with van der Waals surface area (Å²) in [5.41, 5.74) is -0.889. The molecule has 3 nitrogen and oxygen atoms in total. The van der Waals surface area contributed by atoms with Crippen LogP contribution in [0.2, 0.25) is 0 Å². The standard InChI is InChI=1S/C15H17F5N2O/c1-7(21-6-10(23)22-5-8-2-3-8)4-9-11(16)13(18)15(20)14(19)12(9)17/h7-8,21H,2-6H2,1H3,(H,22,23). The molecule has 2 rings (SSSR count). The maximum atomic E-state index is 13.6. The highest BCUT2D eigenvalue weighted by molar-refractivity contribution is 5.78. The molecule has 23 heavy (non-hydrogen) atoms. The predicted molar refractivity (Wildman–Crippen MR) is 73.1 cm³/mol. The number of nitrogens with one attached hydrogen (secondary N) is 2. The summed E-state index contributed by atoms with van der Waals surface area (Å²) < 4.78 is 66.3. The Hall–Kier alpha value is -1.70. The van der Waals surface area contributed by atoms with Crippen LogP contribution < -0.4 is 10.6 Å². The molecule has 0 spiro atoms. The Kier molecular flexibility index (Phi) is 5.56. The number of rotatable bonds is 7. The highest BCUT2D eigenvalue weighted by atomic mass is 19.2. The van der Waals surface area contributed by atoms with E-state index in [9.17, 15) is 26.7 Å². The summed E-state index contributed by atoms with van der Waals surface area (Å²) in [4.78, 5) is 11.5. The molecule has 8 heteroatoms. The summed E-state index contributed by atoms with van der Waals surface area (Å²) in [5.74, 6) is -9.54. The average Bonchev–Trinajstić information content (AvgIpc) is 3.35. The van der Waals surface area contributed by atoms with E-state index in [0.29, 0.717) is 12.5 Å². The first-order valence-corrected chi connectivity index (χ1v) is 7.31. The summed E-state index contributed by atoms with van der Waals surface area (Å²) in [6.45, 7) is 1.99. The van der Waals surface area contributed by atoms with Crippen molar-refractivity contribution in [3.05, 3.63) is 34.6 Å². The van der Waals surface area contributed by atoms with Gasteiger partial charge in [-0.3, -0.25) is 4.79 Å². The molecular weight excluding hydrogens is 319 g/mol. The molecule has 1 atom stereocenters. The Bertz CT molecular complexity index is 575. The van der Waals surface area contributed by atoms with E-state index in [2.05, 4.69) is 10.6 Å². The van der Waals surface area contributed by atoms with E-state index in [1.54, 1.807) is 0 Å². The summed E-state index contributed by atoms with van der Waals surface area (Å²) >= 11 is 0. The third kappa shape index (κ3) is 4.40. The Balaban J connectivity index is 1.91. The average molecular weight is 336 g/mol. The molecule has 1 saturated carbocycles. The predicted octanol–water partition coefficient (Wildman–Crippen LogP) is 2.43. The van der Waals surface area contributed by atoms with Crippen LogP contribution in [-0.4, -0.2) is 25.0 Å². The number of halogens is 5. The Morgan fingerprint density at radius 1 is 1.04 bits per heavy atom. The van der Waals surface area contributed by atoms with Crippen LogP contribution >= 0.6 is 0 Å². The van der Waals surface area contributed by atoms with Crippen LogP contribution in [0.3, 0.4) is 0 Å². The second kappa shape index (κ2) is 7.25. The topological polar surface area (TPSA) is 41.1 Å². The lowest BCUT2D eigenvalue weighted by Gasteiger charge is -2.15. The Morgan fingerprint density at radius 3 is 2.09 bits per heavy atom. The van der Waals surface area contributed by atoms with Gasteiger partial charge in [0.25, 0.3) is 0 Å². The highest BCUT2D eigenvalue weighted by Crippen LogP contribution is 2.27. The van der Waals surface area contributed by atoms with Crippen molar-refractivity contribution in [1.29, 1.82) is 0 Å². The second-order valence-corrected chi connectivity index (χ2v) is 5.78. The van der Waals surface area contributed by atoms with Gasteiger partial charge in [0.05, 0.1) is 6.54 Å². The van der Waals surface area contributed by atoms with E-state index in [1.165, 1.54) is 6.92 Å². The number of carbonyl (C=O) groups excluding carboxylic acids is 1. The van der Waals surface area contributed by atoms with Crippen LogP contribution in [-0.2, 0) is 11.2 Å². The zero-order valence-electron chi connectivity index (χ0n) is 12.5. The largest absolute Gasteiger partial charge is 0.355 e. The van der Waals surface area contributed by atoms with E-state index in [-0.39, 0.29) is 12.5 Å². The monoisotopic (exact) mass is 336 g/mol. The molecule has 0 heterocycles. The fourth-order valence-corrected chi connectivity index (χ4v) is 2.12. The molecule has 0 aromatic heterocycles. The van der Waals surface area contributed by atoms with Gasteiger partial charge in [-0.1, -0.05) is 0 Å². The lowest BCUT2D eigenvalue weighted by atomic mass is 10.0. The van der Waals surface area contributed by atoms with Crippen molar-refractivity contribution in [2.45, 2.75) is 32.2 Å². The summed E-state index contributed by atoms with van der Waals surface area (Å²) in [7, 11) is 0. The number of carbonyl (C=O) groups is 1. The van der Waals surface area contributed by atoms with Crippen LogP contribution in [0.5, 0.6) is 0 Å². The van der Waals surface area contributed by atoms with E-state index in [0.717, 1.165) is 12.8 Å². The molecule has 0 bridgehead atoms.